The molecule has 0 amide bonds. The first-order valence-electron chi connectivity index (χ1n) is 12.5. The molecule has 8 aromatic rings. The first-order chi connectivity index (χ1) is 18.3. The number of hydrogen-bond acceptors (Lipinski definition) is 1. The topological polar surface area (TPSA) is 28.7 Å². The van der Waals surface area contributed by atoms with Gasteiger partial charge in [0.15, 0.2) is 0 Å². The van der Waals surface area contributed by atoms with Crippen LogP contribution in [0.3, 0.4) is 0 Å². The van der Waals surface area contributed by atoms with Crippen LogP contribution in [0.25, 0.3) is 70.6 Å². The molecule has 0 aliphatic heterocycles. The van der Waals surface area contributed by atoms with Gasteiger partial charge in [-0.05, 0) is 85.6 Å². The molecule has 2 nitrogen and oxygen atoms in total. The van der Waals surface area contributed by atoms with Crippen molar-refractivity contribution in [3.63, 3.8) is 0 Å². The number of aromatic nitrogens is 1. The van der Waals surface area contributed by atoms with Gasteiger partial charge in [-0.25, -0.2) is 0 Å². The predicted molar refractivity (Wildman–Crippen MR) is 156 cm³/mol. The smallest absolute Gasteiger partial charge is 0.0991 e. The van der Waals surface area contributed by atoms with Gasteiger partial charge in [0.1, 0.15) is 0 Å². The molecule has 0 radical (unpaired) electrons. The van der Waals surface area contributed by atoms with E-state index < -0.39 is 0 Å². The summed E-state index contributed by atoms with van der Waals surface area (Å²) in [4.78, 5) is 0. The predicted octanol–water partition coefficient (Wildman–Crippen LogP) is 9.27. The third kappa shape index (κ3) is 2.74. The SMILES string of the molecule is N#Cc1ccc(-n2c3cc4c5ccccc5c5ccccc5c4cc3c3c4ccccc4ccc32)cc1. The van der Waals surface area contributed by atoms with E-state index in [1.807, 2.05) is 12.1 Å². The summed E-state index contributed by atoms with van der Waals surface area (Å²) in [5.74, 6) is 0. The molecule has 0 aliphatic rings. The first kappa shape index (κ1) is 20.1. The van der Waals surface area contributed by atoms with Crippen molar-refractivity contribution in [2.24, 2.45) is 0 Å². The van der Waals surface area contributed by atoms with E-state index in [1.165, 1.54) is 64.9 Å². The fraction of sp³-hybridized carbons (Fsp3) is 0. The Balaban J connectivity index is 1.65. The normalized spacial score (nSPS) is 11.8. The third-order valence-electron chi connectivity index (χ3n) is 7.77. The summed E-state index contributed by atoms with van der Waals surface area (Å²) in [6, 6.07) is 45.4. The van der Waals surface area contributed by atoms with E-state index in [1.54, 1.807) is 0 Å². The standard InChI is InChI=1S/C35H20N2/c36-21-22-13-16-24(17-14-22)37-33-18-15-23-7-1-2-8-25(23)35(33)32-19-30-28-11-5-3-9-26(28)27-10-4-6-12-29(27)31(30)20-34(32)37/h1-20H. The van der Waals surface area contributed by atoms with Crippen molar-refractivity contribution in [1.82, 2.24) is 4.57 Å². The number of nitriles is 1. The molecule has 8 rings (SSSR count). The zero-order chi connectivity index (χ0) is 24.5. The van der Waals surface area contributed by atoms with Crippen LogP contribution in [-0.2, 0) is 0 Å². The number of rotatable bonds is 1. The minimum Gasteiger partial charge on any atom is -0.309 e. The van der Waals surface area contributed by atoms with Gasteiger partial charge in [-0.15, -0.1) is 0 Å². The molecular weight excluding hydrogens is 448 g/mol. The quantitative estimate of drug-likeness (QED) is 0.221. The molecule has 170 valence electrons. The Kier molecular flexibility index (Phi) is 4.04. The van der Waals surface area contributed by atoms with Crippen LogP contribution in [0.4, 0.5) is 0 Å². The van der Waals surface area contributed by atoms with Crippen LogP contribution >= 0.6 is 0 Å². The van der Waals surface area contributed by atoms with Gasteiger partial charge < -0.3 is 4.57 Å². The van der Waals surface area contributed by atoms with Crippen molar-refractivity contribution >= 4 is 64.9 Å². The minimum atomic E-state index is 0.665. The lowest BCUT2D eigenvalue weighted by atomic mass is 9.93. The Labute approximate surface area is 213 Å². The van der Waals surface area contributed by atoms with Crippen LogP contribution in [0, 0.1) is 11.3 Å². The molecule has 0 fully saturated rings. The fourth-order valence-electron chi connectivity index (χ4n) is 6.15. The van der Waals surface area contributed by atoms with Crippen molar-refractivity contribution in [1.29, 1.82) is 5.26 Å². The third-order valence-corrected chi connectivity index (χ3v) is 7.77. The molecule has 0 saturated heterocycles. The second-order valence-electron chi connectivity index (χ2n) is 9.68. The molecule has 0 N–H and O–H groups in total. The van der Waals surface area contributed by atoms with Gasteiger partial charge in [0.2, 0.25) is 0 Å². The summed E-state index contributed by atoms with van der Waals surface area (Å²) in [5, 5.41) is 22.0. The maximum atomic E-state index is 9.37. The Morgan fingerprint density at radius 1 is 0.459 bits per heavy atom. The average Bonchev–Trinajstić information content (AvgIpc) is 3.30. The summed E-state index contributed by atoms with van der Waals surface area (Å²) in [5.41, 5.74) is 4.06. The molecule has 0 atom stereocenters. The summed E-state index contributed by atoms with van der Waals surface area (Å²) >= 11 is 0. The van der Waals surface area contributed by atoms with E-state index in [2.05, 4.69) is 120 Å². The molecule has 0 aliphatic carbocycles. The number of hydrogen-bond donors (Lipinski definition) is 0. The molecule has 37 heavy (non-hydrogen) atoms. The van der Waals surface area contributed by atoms with E-state index in [9.17, 15) is 5.26 Å². The highest BCUT2D eigenvalue weighted by atomic mass is 15.0. The molecule has 1 heterocycles. The van der Waals surface area contributed by atoms with Gasteiger partial charge in [-0.1, -0.05) is 78.9 Å². The van der Waals surface area contributed by atoms with Gasteiger partial charge in [0.05, 0.1) is 22.7 Å². The van der Waals surface area contributed by atoms with E-state index in [4.69, 9.17) is 0 Å². The Hall–Kier alpha value is -5.13. The van der Waals surface area contributed by atoms with E-state index in [0.29, 0.717) is 5.56 Å². The van der Waals surface area contributed by atoms with Crippen LogP contribution in [0.2, 0.25) is 0 Å². The van der Waals surface area contributed by atoms with Crippen LogP contribution in [0.1, 0.15) is 5.56 Å². The second kappa shape index (κ2) is 7.43. The number of nitrogens with zero attached hydrogens (tertiary/aromatic N) is 2. The van der Waals surface area contributed by atoms with Crippen LogP contribution in [-0.4, -0.2) is 4.57 Å². The zero-order valence-electron chi connectivity index (χ0n) is 19.9. The highest BCUT2D eigenvalue weighted by molar-refractivity contribution is 6.30. The van der Waals surface area contributed by atoms with Gasteiger partial charge in [-0.2, -0.15) is 5.26 Å². The van der Waals surface area contributed by atoms with Gasteiger partial charge in [0, 0.05) is 16.5 Å². The maximum Gasteiger partial charge on any atom is 0.0991 e. The van der Waals surface area contributed by atoms with Gasteiger partial charge in [0.25, 0.3) is 0 Å². The van der Waals surface area contributed by atoms with Crippen molar-refractivity contribution in [2.45, 2.75) is 0 Å². The molecule has 1 aromatic heterocycles. The highest BCUT2D eigenvalue weighted by Crippen LogP contribution is 2.42. The van der Waals surface area contributed by atoms with Crippen molar-refractivity contribution < 1.29 is 0 Å². The molecule has 2 heteroatoms. The number of fused-ring (bicyclic) bond motifs is 11. The lowest BCUT2D eigenvalue weighted by Gasteiger charge is -2.12. The minimum absolute atomic E-state index is 0.665. The van der Waals surface area contributed by atoms with E-state index in [0.717, 1.165) is 5.69 Å². The highest BCUT2D eigenvalue weighted by Gasteiger charge is 2.18. The van der Waals surface area contributed by atoms with Crippen molar-refractivity contribution in [2.75, 3.05) is 0 Å². The Morgan fingerprint density at radius 2 is 1.03 bits per heavy atom. The zero-order valence-corrected chi connectivity index (χ0v) is 19.9. The summed E-state index contributed by atoms with van der Waals surface area (Å²) < 4.78 is 2.35. The lowest BCUT2D eigenvalue weighted by molar-refractivity contribution is 1.18. The molecule has 0 unspecified atom stereocenters. The monoisotopic (exact) mass is 468 g/mol. The summed E-state index contributed by atoms with van der Waals surface area (Å²) in [7, 11) is 0. The van der Waals surface area contributed by atoms with Crippen LogP contribution in [0.15, 0.2) is 121 Å². The molecule has 0 bridgehead atoms. The molecule has 7 aromatic carbocycles. The van der Waals surface area contributed by atoms with E-state index in [-0.39, 0.29) is 0 Å². The molecule has 0 spiro atoms. The van der Waals surface area contributed by atoms with E-state index >= 15 is 0 Å². The van der Waals surface area contributed by atoms with Crippen molar-refractivity contribution in [3.8, 4) is 11.8 Å². The Bertz CT molecular complexity index is 2240. The molecule has 0 saturated carbocycles. The van der Waals surface area contributed by atoms with Crippen molar-refractivity contribution in [3.05, 3.63) is 127 Å². The average molecular weight is 469 g/mol. The lowest BCUT2D eigenvalue weighted by Crippen LogP contribution is -1.94. The van der Waals surface area contributed by atoms with Gasteiger partial charge >= 0.3 is 0 Å². The summed E-state index contributed by atoms with van der Waals surface area (Å²) in [6.07, 6.45) is 0. The maximum absolute atomic E-state index is 9.37. The second-order valence-corrected chi connectivity index (χ2v) is 9.68. The van der Waals surface area contributed by atoms with Crippen LogP contribution in [0.5, 0.6) is 0 Å². The Morgan fingerprint density at radius 3 is 1.68 bits per heavy atom. The molecular formula is C35H20N2. The number of benzene rings is 7. The van der Waals surface area contributed by atoms with Crippen LogP contribution < -0.4 is 0 Å². The fourth-order valence-corrected chi connectivity index (χ4v) is 6.15. The van der Waals surface area contributed by atoms with Gasteiger partial charge in [-0.3, -0.25) is 0 Å². The first-order valence-corrected chi connectivity index (χ1v) is 12.5. The largest absolute Gasteiger partial charge is 0.309 e. The summed E-state index contributed by atoms with van der Waals surface area (Å²) in [6.45, 7) is 0.